The Hall–Kier alpha value is -2.59. The van der Waals surface area contributed by atoms with Crippen LogP contribution in [0.5, 0.6) is 5.75 Å². The number of rotatable bonds is 7. The van der Waals surface area contributed by atoms with Crippen LogP contribution in [0.3, 0.4) is 0 Å². The number of alkyl halides is 2. The number of hydrogen-bond acceptors (Lipinski definition) is 5. The molecular weight excluding hydrogens is 438 g/mol. The maximum absolute atomic E-state index is 12.8. The Bertz CT molecular complexity index is 1190. The van der Waals surface area contributed by atoms with Crippen molar-refractivity contribution in [1.29, 1.82) is 0 Å². The smallest absolute Gasteiger partial charge is 0.387 e. The molecule has 1 aliphatic carbocycles. The van der Waals surface area contributed by atoms with Crippen molar-refractivity contribution >= 4 is 20.9 Å². The Morgan fingerprint density at radius 3 is 2.41 bits per heavy atom. The molecule has 1 fully saturated rings. The number of hydrogen-bond donors (Lipinski definition) is 1. The van der Waals surface area contributed by atoms with Gasteiger partial charge in [-0.05, 0) is 44.9 Å². The summed E-state index contributed by atoms with van der Waals surface area (Å²) in [6.07, 6.45) is 7.83. The molecule has 0 bridgehead atoms. The van der Waals surface area contributed by atoms with Crippen LogP contribution in [0.1, 0.15) is 52.0 Å². The third-order valence-corrected chi connectivity index (χ3v) is 7.15. The third-order valence-electron chi connectivity index (χ3n) is 5.54. The zero-order valence-electron chi connectivity index (χ0n) is 18.0. The summed E-state index contributed by atoms with van der Waals surface area (Å²) in [5.74, 6) is 0.475. The van der Waals surface area contributed by atoms with Crippen LogP contribution in [0.4, 0.5) is 8.78 Å². The lowest BCUT2D eigenvalue weighted by Gasteiger charge is -2.26. The molecule has 172 valence electrons. The Morgan fingerprint density at radius 2 is 1.78 bits per heavy atom. The Balaban J connectivity index is 1.79. The molecule has 0 unspecified atom stereocenters. The topological polar surface area (TPSA) is 86.1 Å². The Kier molecular flexibility index (Phi) is 6.43. The van der Waals surface area contributed by atoms with E-state index in [0.29, 0.717) is 5.82 Å². The van der Waals surface area contributed by atoms with Gasteiger partial charge in [-0.25, -0.2) is 23.1 Å². The van der Waals surface area contributed by atoms with E-state index in [1.165, 1.54) is 18.5 Å². The molecule has 4 rings (SSSR count). The van der Waals surface area contributed by atoms with Gasteiger partial charge in [0.25, 0.3) is 0 Å². The van der Waals surface area contributed by atoms with E-state index >= 15 is 0 Å². The van der Waals surface area contributed by atoms with E-state index in [-0.39, 0.29) is 22.7 Å². The first kappa shape index (κ1) is 22.6. The predicted molar refractivity (Wildman–Crippen MR) is 117 cm³/mol. The average Bonchev–Trinajstić information content (AvgIpc) is 3.12. The summed E-state index contributed by atoms with van der Waals surface area (Å²) in [6.45, 7) is 0.574. The van der Waals surface area contributed by atoms with Crippen LogP contribution in [0, 0.1) is 0 Å². The number of benzene rings is 1. The molecule has 0 spiro atoms. The summed E-state index contributed by atoms with van der Waals surface area (Å²) in [5, 5.41) is 0.856. The highest BCUT2D eigenvalue weighted by Gasteiger charge is 2.24. The fourth-order valence-electron chi connectivity index (χ4n) is 4.25. The second-order valence-corrected chi connectivity index (χ2v) is 10.0. The zero-order valence-corrected chi connectivity index (χ0v) is 18.8. The summed E-state index contributed by atoms with van der Waals surface area (Å²) < 4.78 is 59.5. The molecule has 0 amide bonds. The maximum atomic E-state index is 12.8. The van der Waals surface area contributed by atoms with Crippen LogP contribution >= 0.6 is 0 Å². The van der Waals surface area contributed by atoms with Gasteiger partial charge in [-0.1, -0.05) is 19.3 Å². The number of nitrogens with one attached hydrogen (secondary N) is 1. The van der Waals surface area contributed by atoms with Crippen LogP contribution in [-0.4, -0.2) is 35.6 Å². The molecule has 0 saturated heterocycles. The summed E-state index contributed by atoms with van der Waals surface area (Å²) in [4.78, 5) is 8.67. The van der Waals surface area contributed by atoms with E-state index in [9.17, 15) is 17.2 Å². The van der Waals surface area contributed by atoms with E-state index in [0.717, 1.165) is 48.7 Å². The van der Waals surface area contributed by atoms with Crippen molar-refractivity contribution in [3.05, 3.63) is 36.7 Å². The number of fused-ring (bicyclic) bond motifs is 1. The van der Waals surface area contributed by atoms with Crippen molar-refractivity contribution in [3.63, 3.8) is 0 Å². The highest BCUT2D eigenvalue weighted by atomic mass is 32.2. The molecule has 0 atom stereocenters. The van der Waals surface area contributed by atoms with E-state index in [1.807, 2.05) is 6.07 Å². The van der Waals surface area contributed by atoms with Crippen LogP contribution in [0.2, 0.25) is 0 Å². The summed E-state index contributed by atoms with van der Waals surface area (Å²) in [7, 11) is -3.70. The largest absolute Gasteiger partial charge is 0.435 e. The van der Waals surface area contributed by atoms with Crippen LogP contribution in [0.25, 0.3) is 22.4 Å². The Morgan fingerprint density at radius 1 is 1.09 bits per heavy atom. The molecule has 1 N–H and O–H groups in total. The lowest BCUT2D eigenvalue weighted by molar-refractivity contribution is -0.0497. The zero-order chi connectivity index (χ0) is 22.9. The molecule has 1 aromatic carbocycles. The van der Waals surface area contributed by atoms with Gasteiger partial charge in [0.15, 0.2) is 5.82 Å². The molecule has 10 heteroatoms. The number of nitrogens with zero attached hydrogens (tertiary/aromatic N) is 3. The van der Waals surface area contributed by atoms with Gasteiger partial charge < -0.3 is 9.30 Å². The van der Waals surface area contributed by atoms with Gasteiger partial charge >= 0.3 is 6.61 Å². The van der Waals surface area contributed by atoms with E-state index in [2.05, 4.69) is 24.0 Å². The quantitative estimate of drug-likeness (QED) is 0.538. The molecule has 1 saturated carbocycles. The van der Waals surface area contributed by atoms with E-state index in [4.69, 9.17) is 0 Å². The van der Waals surface area contributed by atoms with Crippen LogP contribution in [0.15, 0.2) is 41.6 Å². The van der Waals surface area contributed by atoms with E-state index < -0.39 is 16.6 Å². The molecule has 2 aromatic heterocycles. The van der Waals surface area contributed by atoms with Crippen molar-refractivity contribution in [1.82, 2.24) is 19.3 Å². The third kappa shape index (κ3) is 4.75. The number of halogens is 2. The minimum atomic E-state index is -3.70. The fourth-order valence-corrected chi connectivity index (χ4v) is 5.39. The molecule has 3 aromatic rings. The second kappa shape index (κ2) is 9.11. The normalized spacial score (nSPS) is 15.7. The first-order chi connectivity index (χ1) is 15.2. The SMILES string of the molecule is CC(C)NS(=O)(=O)c1cnc(-c2cc3ccc(OC(F)F)cc3n2C2CCCCC2)nc1. The average molecular weight is 465 g/mol. The highest BCUT2D eigenvalue weighted by Crippen LogP contribution is 2.38. The number of ether oxygens (including phenoxy) is 1. The number of aromatic nitrogens is 3. The molecule has 32 heavy (non-hydrogen) atoms. The van der Waals surface area contributed by atoms with Gasteiger partial charge in [0.2, 0.25) is 10.0 Å². The first-order valence-electron chi connectivity index (χ1n) is 10.7. The minimum Gasteiger partial charge on any atom is -0.435 e. The lowest BCUT2D eigenvalue weighted by Crippen LogP contribution is -2.30. The van der Waals surface area contributed by atoms with Gasteiger partial charge in [0.05, 0.1) is 23.6 Å². The fraction of sp³-hybridized carbons (Fsp3) is 0.455. The summed E-state index contributed by atoms with van der Waals surface area (Å²) in [5.41, 5.74) is 1.49. The highest BCUT2D eigenvalue weighted by molar-refractivity contribution is 7.89. The van der Waals surface area contributed by atoms with Crippen LogP contribution in [-0.2, 0) is 10.0 Å². The van der Waals surface area contributed by atoms with Crippen molar-refractivity contribution < 1.29 is 21.9 Å². The second-order valence-electron chi connectivity index (χ2n) is 8.31. The molecule has 1 aliphatic rings. The van der Waals surface area contributed by atoms with Crippen molar-refractivity contribution in [2.75, 3.05) is 0 Å². The molecule has 0 aliphatic heterocycles. The van der Waals surface area contributed by atoms with Crippen molar-refractivity contribution in [2.45, 2.75) is 69.5 Å². The molecule has 7 nitrogen and oxygen atoms in total. The van der Waals surface area contributed by atoms with Gasteiger partial charge in [-0.3, -0.25) is 0 Å². The Labute approximate surface area is 185 Å². The van der Waals surface area contributed by atoms with Gasteiger partial charge in [-0.15, -0.1) is 0 Å². The van der Waals surface area contributed by atoms with Gasteiger partial charge in [-0.2, -0.15) is 8.78 Å². The molecule has 2 heterocycles. The molecular formula is C22H26F2N4O3S. The summed E-state index contributed by atoms with van der Waals surface area (Å²) in [6, 6.07) is 6.70. The van der Waals surface area contributed by atoms with Gasteiger partial charge in [0, 0.05) is 23.5 Å². The molecule has 0 radical (unpaired) electrons. The van der Waals surface area contributed by atoms with Crippen molar-refractivity contribution in [3.8, 4) is 17.3 Å². The van der Waals surface area contributed by atoms with Crippen molar-refractivity contribution in [2.24, 2.45) is 0 Å². The number of sulfonamides is 1. The predicted octanol–water partition coefficient (Wildman–Crippen LogP) is 4.89. The van der Waals surface area contributed by atoms with E-state index in [1.54, 1.807) is 26.0 Å². The summed E-state index contributed by atoms with van der Waals surface area (Å²) >= 11 is 0. The maximum Gasteiger partial charge on any atom is 0.387 e. The minimum absolute atomic E-state index is 0.0112. The monoisotopic (exact) mass is 464 g/mol. The standard InChI is InChI=1S/C22H26F2N4O3S/c1-14(2)27-32(29,30)18-12-25-21(26-13-18)20-10-15-8-9-17(31-22(23)24)11-19(15)28(20)16-6-4-3-5-7-16/h8-14,16,22,27H,3-7H2,1-2H3. The lowest BCUT2D eigenvalue weighted by atomic mass is 9.95. The van der Waals surface area contributed by atoms with Crippen LogP contribution < -0.4 is 9.46 Å². The van der Waals surface area contributed by atoms with Gasteiger partial charge in [0.1, 0.15) is 10.6 Å². The first-order valence-corrected chi connectivity index (χ1v) is 12.2.